The number of phenolic OH excluding ortho intramolecular Hbond substituents is 1. The van der Waals surface area contributed by atoms with Crippen LogP contribution in [0.1, 0.15) is 17.9 Å². The van der Waals surface area contributed by atoms with Crippen LogP contribution in [0, 0.1) is 3.57 Å². The second-order valence-corrected chi connectivity index (χ2v) is 4.95. The van der Waals surface area contributed by atoms with Crippen molar-refractivity contribution in [1.82, 2.24) is 0 Å². The lowest BCUT2D eigenvalue weighted by molar-refractivity contribution is 0.354. The number of aromatic hydroxyl groups is 1. The Morgan fingerprint density at radius 2 is 2.11 bits per heavy atom. The highest BCUT2D eigenvalue weighted by Gasteiger charge is 2.19. The summed E-state index contributed by atoms with van der Waals surface area (Å²) in [7, 11) is 0. The van der Waals surface area contributed by atoms with E-state index >= 15 is 0 Å². The molecule has 0 saturated heterocycles. The van der Waals surface area contributed by atoms with Crippen molar-refractivity contribution in [2.75, 3.05) is 13.2 Å². The highest BCUT2D eigenvalue weighted by Crippen LogP contribution is 2.37. The SMILES string of the molecule is C=CCOc1ccc(O)c(I)c1C(CN)CC=C. The van der Waals surface area contributed by atoms with E-state index in [9.17, 15) is 5.11 Å². The van der Waals surface area contributed by atoms with Crippen molar-refractivity contribution in [2.45, 2.75) is 12.3 Å². The standard InChI is InChI=1S/C14H18INO2/c1-3-5-10(9-16)13-12(18-8-4-2)7-6-11(17)14(13)15/h3-4,6-7,10,17H,1-2,5,8-9,16H2. The minimum Gasteiger partial charge on any atom is -0.507 e. The Balaban J connectivity index is 3.21. The summed E-state index contributed by atoms with van der Waals surface area (Å²) in [6, 6.07) is 3.40. The lowest BCUT2D eigenvalue weighted by atomic mass is 9.94. The van der Waals surface area contributed by atoms with Crippen molar-refractivity contribution < 1.29 is 9.84 Å². The number of rotatable bonds is 7. The molecular weight excluding hydrogens is 341 g/mol. The van der Waals surface area contributed by atoms with Gasteiger partial charge in [0.15, 0.2) is 0 Å². The van der Waals surface area contributed by atoms with Crippen LogP contribution < -0.4 is 10.5 Å². The molecule has 0 aliphatic carbocycles. The quantitative estimate of drug-likeness (QED) is 0.581. The van der Waals surface area contributed by atoms with Gasteiger partial charge in [-0.25, -0.2) is 0 Å². The molecule has 1 aromatic carbocycles. The molecule has 3 nitrogen and oxygen atoms in total. The molecule has 0 saturated carbocycles. The zero-order valence-corrected chi connectivity index (χ0v) is 12.4. The Bertz CT molecular complexity index is 432. The molecule has 0 heterocycles. The predicted molar refractivity (Wildman–Crippen MR) is 83.1 cm³/mol. The Kier molecular flexibility index (Phi) is 6.21. The molecular formula is C14H18INO2. The molecule has 0 aliphatic heterocycles. The first-order valence-corrected chi connectivity index (χ1v) is 6.79. The van der Waals surface area contributed by atoms with E-state index in [1.165, 1.54) is 0 Å². The number of benzene rings is 1. The molecule has 1 atom stereocenters. The molecule has 0 aromatic heterocycles. The average molecular weight is 359 g/mol. The van der Waals surface area contributed by atoms with Crippen LogP contribution in [0.4, 0.5) is 0 Å². The van der Waals surface area contributed by atoms with E-state index in [1.807, 2.05) is 6.08 Å². The van der Waals surface area contributed by atoms with Crippen molar-refractivity contribution in [2.24, 2.45) is 5.73 Å². The number of nitrogens with two attached hydrogens (primary N) is 1. The van der Waals surface area contributed by atoms with Gasteiger partial charge in [0.25, 0.3) is 0 Å². The fraction of sp³-hybridized carbons (Fsp3) is 0.286. The summed E-state index contributed by atoms with van der Waals surface area (Å²) in [4.78, 5) is 0. The molecule has 0 amide bonds. The van der Waals surface area contributed by atoms with E-state index < -0.39 is 0 Å². The minimum absolute atomic E-state index is 0.0984. The van der Waals surface area contributed by atoms with E-state index in [0.29, 0.717) is 13.2 Å². The zero-order chi connectivity index (χ0) is 13.5. The van der Waals surface area contributed by atoms with Crippen LogP contribution >= 0.6 is 22.6 Å². The monoisotopic (exact) mass is 359 g/mol. The summed E-state index contributed by atoms with van der Waals surface area (Å²) in [6.07, 6.45) is 4.27. The third-order valence-corrected chi connectivity index (χ3v) is 3.75. The van der Waals surface area contributed by atoms with E-state index in [0.717, 1.165) is 21.3 Å². The molecule has 0 radical (unpaired) electrons. The van der Waals surface area contributed by atoms with Crippen LogP contribution in [0.3, 0.4) is 0 Å². The fourth-order valence-corrected chi connectivity index (χ4v) is 2.64. The number of allylic oxidation sites excluding steroid dienone is 1. The maximum atomic E-state index is 9.81. The first-order chi connectivity index (χ1) is 8.65. The van der Waals surface area contributed by atoms with Crippen molar-refractivity contribution in [3.8, 4) is 11.5 Å². The molecule has 0 spiro atoms. The molecule has 0 aliphatic rings. The van der Waals surface area contributed by atoms with Crippen LogP contribution in [-0.2, 0) is 0 Å². The Labute approximate surface area is 121 Å². The summed E-state index contributed by atoms with van der Waals surface area (Å²) < 4.78 is 6.41. The number of hydrogen-bond donors (Lipinski definition) is 2. The normalized spacial score (nSPS) is 11.9. The Morgan fingerprint density at radius 3 is 2.67 bits per heavy atom. The van der Waals surface area contributed by atoms with Crippen LogP contribution in [0.25, 0.3) is 0 Å². The second-order valence-electron chi connectivity index (χ2n) is 3.87. The first kappa shape index (κ1) is 15.0. The smallest absolute Gasteiger partial charge is 0.129 e. The van der Waals surface area contributed by atoms with E-state index in [-0.39, 0.29) is 11.7 Å². The highest BCUT2D eigenvalue weighted by atomic mass is 127. The minimum atomic E-state index is 0.0984. The van der Waals surface area contributed by atoms with Gasteiger partial charge in [0.1, 0.15) is 18.1 Å². The lowest BCUT2D eigenvalue weighted by Gasteiger charge is -2.20. The van der Waals surface area contributed by atoms with Gasteiger partial charge >= 0.3 is 0 Å². The van der Waals surface area contributed by atoms with Crippen molar-refractivity contribution in [1.29, 1.82) is 0 Å². The van der Waals surface area contributed by atoms with Gasteiger partial charge in [0, 0.05) is 11.5 Å². The molecule has 1 aromatic rings. The van der Waals surface area contributed by atoms with Gasteiger partial charge in [-0.3, -0.25) is 0 Å². The molecule has 18 heavy (non-hydrogen) atoms. The average Bonchev–Trinajstić information content (AvgIpc) is 2.38. The van der Waals surface area contributed by atoms with Crippen LogP contribution in [0.15, 0.2) is 37.4 Å². The third kappa shape index (κ3) is 3.49. The highest BCUT2D eigenvalue weighted by molar-refractivity contribution is 14.1. The maximum Gasteiger partial charge on any atom is 0.129 e. The summed E-state index contributed by atoms with van der Waals surface area (Å²) >= 11 is 2.11. The maximum absolute atomic E-state index is 9.81. The third-order valence-electron chi connectivity index (χ3n) is 2.62. The lowest BCUT2D eigenvalue weighted by Crippen LogP contribution is -2.14. The van der Waals surface area contributed by atoms with E-state index in [1.54, 1.807) is 18.2 Å². The van der Waals surface area contributed by atoms with E-state index in [4.69, 9.17) is 10.5 Å². The van der Waals surface area contributed by atoms with Crippen molar-refractivity contribution in [3.63, 3.8) is 0 Å². The summed E-state index contributed by atoms with van der Waals surface area (Å²) in [5.41, 5.74) is 6.74. The van der Waals surface area contributed by atoms with Gasteiger partial charge in [0.05, 0.1) is 3.57 Å². The Hall–Kier alpha value is -1.01. The molecule has 1 unspecified atom stereocenters. The van der Waals surface area contributed by atoms with Gasteiger partial charge < -0.3 is 15.6 Å². The van der Waals surface area contributed by atoms with Gasteiger partial charge in [-0.05, 0) is 47.7 Å². The molecule has 4 heteroatoms. The number of halogens is 1. The topological polar surface area (TPSA) is 55.5 Å². The second kappa shape index (κ2) is 7.43. The van der Waals surface area contributed by atoms with E-state index in [2.05, 4.69) is 35.7 Å². The van der Waals surface area contributed by atoms with Gasteiger partial charge in [-0.2, -0.15) is 0 Å². The Morgan fingerprint density at radius 1 is 1.39 bits per heavy atom. The van der Waals surface area contributed by atoms with Gasteiger partial charge in [-0.15, -0.1) is 6.58 Å². The largest absolute Gasteiger partial charge is 0.507 e. The van der Waals surface area contributed by atoms with Crippen molar-refractivity contribution in [3.05, 3.63) is 46.6 Å². The fourth-order valence-electron chi connectivity index (χ4n) is 1.75. The molecule has 0 bridgehead atoms. The summed E-state index contributed by atoms with van der Waals surface area (Å²) in [5, 5.41) is 9.81. The van der Waals surface area contributed by atoms with Crippen LogP contribution in [0.5, 0.6) is 11.5 Å². The molecule has 3 N–H and O–H groups in total. The van der Waals surface area contributed by atoms with Crippen molar-refractivity contribution >= 4 is 22.6 Å². The number of hydrogen-bond acceptors (Lipinski definition) is 3. The zero-order valence-electron chi connectivity index (χ0n) is 10.2. The van der Waals surface area contributed by atoms with Crippen LogP contribution in [-0.4, -0.2) is 18.3 Å². The van der Waals surface area contributed by atoms with Crippen LogP contribution in [0.2, 0.25) is 0 Å². The first-order valence-electron chi connectivity index (χ1n) is 5.71. The van der Waals surface area contributed by atoms with Gasteiger partial charge in [-0.1, -0.05) is 18.7 Å². The molecule has 98 valence electrons. The number of ether oxygens (including phenoxy) is 1. The predicted octanol–water partition coefficient (Wildman–Crippen LogP) is 3.18. The van der Waals surface area contributed by atoms with Gasteiger partial charge in [0.2, 0.25) is 0 Å². The summed E-state index contributed by atoms with van der Waals surface area (Å²) in [6.45, 7) is 8.28. The molecule has 0 fully saturated rings. The summed E-state index contributed by atoms with van der Waals surface area (Å²) in [5.74, 6) is 1.09. The molecule has 1 rings (SSSR count). The number of phenols is 1.